The molecule has 21 heavy (non-hydrogen) atoms. The fourth-order valence-electron chi connectivity index (χ4n) is 4.15. The number of nitrogen functional groups attached to an aromatic ring is 1. The molecule has 0 spiro atoms. The van der Waals surface area contributed by atoms with Crippen molar-refractivity contribution in [3.05, 3.63) is 24.1 Å². The van der Waals surface area contributed by atoms with E-state index in [2.05, 4.69) is 9.88 Å². The summed E-state index contributed by atoms with van der Waals surface area (Å²) in [5, 5.41) is 0. The number of likely N-dealkylation sites (tertiary alicyclic amines) is 1. The Bertz CT molecular complexity index is 634. The van der Waals surface area contributed by atoms with Crippen LogP contribution in [-0.4, -0.2) is 22.5 Å². The fourth-order valence-corrected chi connectivity index (χ4v) is 4.15. The summed E-state index contributed by atoms with van der Waals surface area (Å²) >= 11 is 0. The van der Waals surface area contributed by atoms with E-state index in [0.29, 0.717) is 0 Å². The van der Waals surface area contributed by atoms with Gasteiger partial charge >= 0.3 is 0 Å². The first-order valence-electron chi connectivity index (χ1n) is 8.18. The van der Waals surface area contributed by atoms with Crippen molar-refractivity contribution in [1.82, 2.24) is 9.88 Å². The van der Waals surface area contributed by atoms with Crippen molar-refractivity contribution in [3.63, 3.8) is 0 Å². The molecule has 2 aromatic rings. The zero-order chi connectivity index (χ0) is 14.2. The van der Waals surface area contributed by atoms with Crippen LogP contribution in [0.5, 0.6) is 0 Å². The largest absolute Gasteiger partial charge is 0.439 e. The van der Waals surface area contributed by atoms with E-state index in [1.165, 1.54) is 45.1 Å². The van der Waals surface area contributed by atoms with Crippen LogP contribution in [0.25, 0.3) is 11.1 Å². The number of hydrogen-bond acceptors (Lipinski definition) is 4. The Morgan fingerprint density at radius 2 is 2.05 bits per heavy atom. The molecule has 2 aliphatic rings. The Kier molecular flexibility index (Phi) is 3.34. The van der Waals surface area contributed by atoms with Gasteiger partial charge in [0.05, 0.1) is 6.54 Å². The Morgan fingerprint density at radius 3 is 3.00 bits per heavy atom. The van der Waals surface area contributed by atoms with Crippen molar-refractivity contribution in [1.29, 1.82) is 0 Å². The Hall–Kier alpha value is -1.55. The molecule has 2 N–H and O–H groups in total. The van der Waals surface area contributed by atoms with Crippen molar-refractivity contribution in [3.8, 4) is 0 Å². The molecular weight excluding hydrogens is 262 g/mol. The molecule has 1 saturated carbocycles. The van der Waals surface area contributed by atoms with Crippen molar-refractivity contribution in [2.24, 2.45) is 5.92 Å². The molecule has 2 fully saturated rings. The van der Waals surface area contributed by atoms with Gasteiger partial charge in [0.2, 0.25) is 5.89 Å². The normalized spacial score (nSPS) is 26.9. The van der Waals surface area contributed by atoms with Crippen molar-refractivity contribution >= 4 is 16.8 Å². The monoisotopic (exact) mass is 285 g/mol. The minimum absolute atomic E-state index is 0.732. The molecule has 0 radical (unpaired) electrons. The van der Waals surface area contributed by atoms with Crippen molar-refractivity contribution in [2.75, 3.05) is 12.3 Å². The highest BCUT2D eigenvalue weighted by atomic mass is 16.3. The molecule has 4 heteroatoms. The van der Waals surface area contributed by atoms with Crippen LogP contribution in [0.2, 0.25) is 0 Å². The lowest BCUT2D eigenvalue weighted by molar-refractivity contribution is 0.0486. The number of oxazole rings is 1. The number of aromatic nitrogens is 1. The second kappa shape index (κ2) is 5.34. The molecule has 1 aliphatic heterocycles. The minimum atomic E-state index is 0.732. The summed E-state index contributed by atoms with van der Waals surface area (Å²) in [5.74, 6) is 1.73. The minimum Gasteiger partial charge on any atom is -0.439 e. The summed E-state index contributed by atoms with van der Waals surface area (Å²) in [7, 11) is 0. The number of piperidine rings is 1. The van der Waals surface area contributed by atoms with Gasteiger partial charge in [-0.25, -0.2) is 4.98 Å². The molecule has 2 heterocycles. The predicted molar refractivity (Wildman–Crippen MR) is 83.8 cm³/mol. The van der Waals surface area contributed by atoms with Crippen LogP contribution in [0.15, 0.2) is 22.6 Å². The van der Waals surface area contributed by atoms with E-state index in [1.807, 2.05) is 18.2 Å². The highest BCUT2D eigenvalue weighted by Gasteiger charge is 2.33. The van der Waals surface area contributed by atoms with E-state index in [-0.39, 0.29) is 0 Å². The van der Waals surface area contributed by atoms with E-state index >= 15 is 0 Å². The van der Waals surface area contributed by atoms with Crippen LogP contribution in [0.1, 0.15) is 44.4 Å². The molecule has 1 aromatic carbocycles. The van der Waals surface area contributed by atoms with Crippen LogP contribution in [0, 0.1) is 5.92 Å². The van der Waals surface area contributed by atoms with Gasteiger partial charge < -0.3 is 10.2 Å². The van der Waals surface area contributed by atoms with E-state index in [1.54, 1.807) is 0 Å². The summed E-state index contributed by atoms with van der Waals surface area (Å²) in [6.45, 7) is 2.03. The molecule has 0 unspecified atom stereocenters. The van der Waals surface area contributed by atoms with Gasteiger partial charge in [0, 0.05) is 17.8 Å². The average molecular weight is 285 g/mol. The van der Waals surface area contributed by atoms with Crippen LogP contribution >= 0.6 is 0 Å². The number of fused-ring (bicyclic) bond motifs is 2. The molecule has 1 saturated heterocycles. The molecular formula is C17H23N3O. The Balaban J connectivity index is 1.55. The third kappa shape index (κ3) is 2.53. The third-order valence-corrected chi connectivity index (χ3v) is 5.15. The molecule has 4 rings (SSSR count). The standard InChI is InChI=1S/C17H23N3O/c18-13-7-8-14-16(10-13)21-17(19-14)11-20-9-3-5-12-4-1-2-6-15(12)20/h7-8,10,12,15H,1-6,9,11,18H2/t12-,15-/m1/s1. The first kappa shape index (κ1) is 13.1. The average Bonchev–Trinajstić information content (AvgIpc) is 2.89. The first-order valence-corrected chi connectivity index (χ1v) is 8.18. The van der Waals surface area contributed by atoms with Gasteiger partial charge in [-0.1, -0.05) is 12.8 Å². The van der Waals surface area contributed by atoms with E-state index < -0.39 is 0 Å². The Morgan fingerprint density at radius 1 is 1.19 bits per heavy atom. The van der Waals surface area contributed by atoms with Crippen LogP contribution in [0.3, 0.4) is 0 Å². The number of nitrogens with zero attached hydrogens (tertiary/aromatic N) is 2. The van der Waals surface area contributed by atoms with E-state index in [9.17, 15) is 0 Å². The van der Waals surface area contributed by atoms with Crippen LogP contribution < -0.4 is 5.73 Å². The number of rotatable bonds is 2. The molecule has 4 nitrogen and oxygen atoms in total. The topological polar surface area (TPSA) is 55.3 Å². The first-order chi connectivity index (χ1) is 10.3. The lowest BCUT2D eigenvalue weighted by Crippen LogP contribution is -2.46. The zero-order valence-electron chi connectivity index (χ0n) is 12.4. The third-order valence-electron chi connectivity index (χ3n) is 5.15. The van der Waals surface area contributed by atoms with Crippen LogP contribution in [-0.2, 0) is 6.54 Å². The zero-order valence-corrected chi connectivity index (χ0v) is 12.4. The number of anilines is 1. The fraction of sp³-hybridized carbons (Fsp3) is 0.588. The summed E-state index contributed by atoms with van der Waals surface area (Å²) in [5.41, 5.74) is 8.26. The highest BCUT2D eigenvalue weighted by molar-refractivity contribution is 5.76. The molecule has 0 bridgehead atoms. The summed E-state index contributed by atoms with van der Waals surface area (Å²) in [4.78, 5) is 7.22. The number of hydrogen-bond donors (Lipinski definition) is 1. The second-order valence-electron chi connectivity index (χ2n) is 6.56. The van der Waals surface area contributed by atoms with Gasteiger partial charge in [0.15, 0.2) is 5.58 Å². The molecule has 0 amide bonds. The van der Waals surface area contributed by atoms with Gasteiger partial charge in [-0.3, -0.25) is 4.90 Å². The maximum atomic E-state index is 5.90. The molecule has 2 atom stereocenters. The number of nitrogens with two attached hydrogens (primary N) is 1. The summed E-state index contributed by atoms with van der Waals surface area (Å²) in [6, 6.07) is 6.43. The van der Waals surface area contributed by atoms with E-state index in [0.717, 1.165) is 41.2 Å². The predicted octanol–water partition coefficient (Wildman–Crippen LogP) is 3.56. The summed E-state index contributed by atoms with van der Waals surface area (Å²) < 4.78 is 5.90. The van der Waals surface area contributed by atoms with E-state index in [4.69, 9.17) is 10.2 Å². The lowest BCUT2D eigenvalue weighted by Gasteiger charge is -2.43. The number of benzene rings is 1. The smallest absolute Gasteiger partial charge is 0.209 e. The highest BCUT2D eigenvalue weighted by Crippen LogP contribution is 2.36. The van der Waals surface area contributed by atoms with Crippen LogP contribution in [0.4, 0.5) is 5.69 Å². The quantitative estimate of drug-likeness (QED) is 0.857. The van der Waals surface area contributed by atoms with Gasteiger partial charge in [-0.2, -0.15) is 0 Å². The summed E-state index contributed by atoms with van der Waals surface area (Å²) in [6.07, 6.45) is 8.27. The SMILES string of the molecule is Nc1ccc2nc(CN3CCC[C@H]4CCCC[C@H]43)oc2c1. The lowest BCUT2D eigenvalue weighted by atomic mass is 9.78. The molecule has 112 valence electrons. The molecule has 1 aromatic heterocycles. The van der Waals surface area contributed by atoms with Crippen molar-refractivity contribution < 1.29 is 4.42 Å². The molecule has 1 aliphatic carbocycles. The van der Waals surface area contributed by atoms with Gasteiger partial charge in [-0.15, -0.1) is 0 Å². The van der Waals surface area contributed by atoms with Gasteiger partial charge in [0.1, 0.15) is 5.52 Å². The second-order valence-corrected chi connectivity index (χ2v) is 6.56. The maximum Gasteiger partial charge on any atom is 0.209 e. The maximum absolute atomic E-state index is 5.90. The van der Waals surface area contributed by atoms with Gasteiger partial charge in [-0.05, 0) is 50.3 Å². The Labute approximate surface area is 125 Å². The van der Waals surface area contributed by atoms with Gasteiger partial charge in [0.25, 0.3) is 0 Å². The van der Waals surface area contributed by atoms with Crippen molar-refractivity contribution in [2.45, 2.75) is 51.1 Å².